The van der Waals surface area contributed by atoms with Crippen molar-refractivity contribution in [3.05, 3.63) is 42.0 Å². The van der Waals surface area contributed by atoms with Gasteiger partial charge in [-0.25, -0.2) is 0 Å². The molecule has 2 rings (SSSR count). The summed E-state index contributed by atoms with van der Waals surface area (Å²) < 4.78 is 0. The van der Waals surface area contributed by atoms with E-state index in [-0.39, 0.29) is 7.55 Å². The van der Waals surface area contributed by atoms with Crippen LogP contribution in [0.15, 0.2) is 42.0 Å². The fraction of sp³-hybridized carbons (Fsp3) is 0.182. The minimum atomic E-state index is -0.356. The van der Waals surface area contributed by atoms with E-state index in [4.69, 9.17) is 0 Å². The summed E-state index contributed by atoms with van der Waals surface area (Å²) in [5, 5.41) is 1.54. The standard InChI is InChI=1S/C11H13P/c1-10-7-8-12(9-10)11-5-3-2-4-6-11/h2-7,9,12H,8H2,1H3. The van der Waals surface area contributed by atoms with Gasteiger partial charge in [-0.2, -0.15) is 0 Å². The topological polar surface area (TPSA) is 0 Å². The summed E-state index contributed by atoms with van der Waals surface area (Å²) in [6.45, 7) is 2.20. The zero-order valence-corrected chi connectivity index (χ0v) is 8.25. The molecule has 1 aliphatic heterocycles. The quantitative estimate of drug-likeness (QED) is 0.576. The van der Waals surface area contributed by atoms with Crippen molar-refractivity contribution in [2.75, 3.05) is 6.16 Å². The Labute approximate surface area is 74.3 Å². The number of hydrogen-bond acceptors (Lipinski definition) is 0. The lowest BCUT2D eigenvalue weighted by molar-refractivity contribution is 1.60. The summed E-state index contributed by atoms with van der Waals surface area (Å²) in [4.78, 5) is 0. The van der Waals surface area contributed by atoms with Gasteiger partial charge in [0, 0.05) is 0 Å². The number of benzene rings is 1. The Morgan fingerprint density at radius 3 is 2.50 bits per heavy atom. The molecule has 1 atom stereocenters. The molecule has 1 heterocycles. The van der Waals surface area contributed by atoms with Gasteiger partial charge in [0.05, 0.1) is 0 Å². The van der Waals surface area contributed by atoms with E-state index in [1.165, 1.54) is 17.0 Å². The minimum Gasteiger partial charge on any atom is -0.0859 e. The minimum absolute atomic E-state index is 0.356. The van der Waals surface area contributed by atoms with Gasteiger partial charge in [-0.05, 0) is 18.4 Å². The van der Waals surface area contributed by atoms with Crippen LogP contribution in [0.4, 0.5) is 0 Å². The lowest BCUT2D eigenvalue weighted by Crippen LogP contribution is -1.95. The molecule has 1 aromatic carbocycles. The van der Waals surface area contributed by atoms with Crippen molar-refractivity contribution in [3.8, 4) is 0 Å². The summed E-state index contributed by atoms with van der Waals surface area (Å²) in [7, 11) is -0.356. The number of hydrogen-bond donors (Lipinski definition) is 0. The molecule has 0 radical (unpaired) electrons. The van der Waals surface area contributed by atoms with Crippen LogP contribution in [-0.4, -0.2) is 12.0 Å². The van der Waals surface area contributed by atoms with Crippen LogP contribution >= 0.6 is 7.55 Å². The molecule has 12 heavy (non-hydrogen) atoms. The Kier molecular flexibility index (Phi) is 2.19. The van der Waals surface area contributed by atoms with Gasteiger partial charge in [0.15, 0.2) is 0 Å². The number of allylic oxidation sites excluding steroid dienone is 2. The first-order valence-corrected chi connectivity index (χ1v) is 6.07. The Hall–Kier alpha value is -0.740. The third kappa shape index (κ3) is 1.54. The van der Waals surface area contributed by atoms with Gasteiger partial charge in [-0.1, -0.05) is 55.3 Å². The Morgan fingerprint density at radius 1 is 1.17 bits per heavy atom. The monoisotopic (exact) mass is 176 g/mol. The first kappa shape index (κ1) is 7.89. The Bertz CT molecular complexity index is 333. The lowest BCUT2D eigenvalue weighted by Gasteiger charge is -2.00. The van der Waals surface area contributed by atoms with E-state index in [9.17, 15) is 0 Å². The molecule has 0 fully saturated rings. The maximum Gasteiger partial charge on any atom is -0.0128 e. The molecule has 1 unspecified atom stereocenters. The summed E-state index contributed by atoms with van der Waals surface area (Å²) in [5.41, 5.74) is 1.47. The highest BCUT2D eigenvalue weighted by atomic mass is 31.1. The van der Waals surface area contributed by atoms with Crippen molar-refractivity contribution in [2.45, 2.75) is 6.92 Å². The predicted octanol–water partition coefficient (Wildman–Crippen LogP) is 2.29. The maximum atomic E-state index is 2.44. The highest BCUT2D eigenvalue weighted by Gasteiger charge is 2.02. The van der Waals surface area contributed by atoms with E-state index >= 15 is 0 Å². The van der Waals surface area contributed by atoms with Crippen LogP contribution in [0.3, 0.4) is 0 Å². The molecule has 0 saturated carbocycles. The van der Waals surface area contributed by atoms with Gasteiger partial charge in [0.25, 0.3) is 0 Å². The molecule has 0 aromatic heterocycles. The molecule has 0 bridgehead atoms. The first-order valence-electron chi connectivity index (χ1n) is 4.29. The zero-order valence-electron chi connectivity index (χ0n) is 7.25. The van der Waals surface area contributed by atoms with E-state index in [1.54, 1.807) is 0 Å². The Balaban J connectivity index is 2.30. The van der Waals surface area contributed by atoms with Gasteiger partial charge < -0.3 is 0 Å². The lowest BCUT2D eigenvalue weighted by atomic mass is 10.3. The average molecular weight is 176 g/mol. The van der Waals surface area contributed by atoms with Gasteiger partial charge in [-0.15, -0.1) is 0 Å². The van der Waals surface area contributed by atoms with E-state index in [0.29, 0.717) is 0 Å². The molecule has 0 amide bonds. The summed E-state index contributed by atoms with van der Waals surface area (Å²) in [5.74, 6) is 2.44. The maximum absolute atomic E-state index is 2.44. The second-order valence-electron chi connectivity index (χ2n) is 3.19. The fourth-order valence-corrected chi connectivity index (χ4v) is 3.87. The third-order valence-corrected chi connectivity index (χ3v) is 4.71. The van der Waals surface area contributed by atoms with Crippen molar-refractivity contribution in [1.82, 2.24) is 0 Å². The largest absolute Gasteiger partial charge is 0.0859 e. The van der Waals surface area contributed by atoms with Crippen molar-refractivity contribution in [3.63, 3.8) is 0 Å². The van der Waals surface area contributed by atoms with Gasteiger partial charge in [0.2, 0.25) is 0 Å². The SMILES string of the molecule is CC1=CC[PH](c2ccccc2)=C1. The highest BCUT2D eigenvalue weighted by molar-refractivity contribution is 7.66. The molecule has 1 aromatic rings. The van der Waals surface area contributed by atoms with Crippen molar-refractivity contribution in [2.24, 2.45) is 0 Å². The van der Waals surface area contributed by atoms with Gasteiger partial charge in [-0.3, -0.25) is 0 Å². The van der Waals surface area contributed by atoms with Crippen LogP contribution in [0.25, 0.3) is 0 Å². The van der Waals surface area contributed by atoms with Crippen molar-refractivity contribution in [1.29, 1.82) is 0 Å². The Morgan fingerprint density at radius 2 is 1.92 bits per heavy atom. The zero-order chi connectivity index (χ0) is 8.39. The van der Waals surface area contributed by atoms with Crippen LogP contribution in [0.1, 0.15) is 6.92 Å². The smallest absolute Gasteiger partial charge is 0.0128 e. The van der Waals surface area contributed by atoms with Gasteiger partial charge >= 0.3 is 0 Å². The molecule has 1 aliphatic rings. The molecular weight excluding hydrogens is 163 g/mol. The third-order valence-electron chi connectivity index (χ3n) is 2.19. The second-order valence-corrected chi connectivity index (χ2v) is 5.51. The second kappa shape index (κ2) is 3.33. The molecule has 0 nitrogen and oxygen atoms in total. The predicted molar refractivity (Wildman–Crippen MR) is 59.1 cm³/mol. The molecule has 0 spiro atoms. The van der Waals surface area contributed by atoms with Crippen molar-refractivity contribution < 1.29 is 0 Å². The van der Waals surface area contributed by atoms with Gasteiger partial charge in [0.1, 0.15) is 0 Å². The molecule has 0 saturated heterocycles. The molecular formula is C11H13P. The molecule has 62 valence electrons. The molecule has 1 heteroatoms. The van der Waals surface area contributed by atoms with Crippen molar-refractivity contribution >= 4 is 18.6 Å². The molecule has 0 N–H and O–H groups in total. The van der Waals surface area contributed by atoms with Crippen LogP contribution in [0, 0.1) is 0 Å². The normalized spacial score (nSPS) is 21.8. The van der Waals surface area contributed by atoms with E-state index < -0.39 is 0 Å². The van der Waals surface area contributed by atoms with Crippen LogP contribution in [-0.2, 0) is 0 Å². The van der Waals surface area contributed by atoms with E-state index in [0.717, 1.165) is 0 Å². The first-order chi connectivity index (χ1) is 5.86. The van der Waals surface area contributed by atoms with Crippen LogP contribution in [0.5, 0.6) is 0 Å². The summed E-state index contributed by atoms with van der Waals surface area (Å²) >= 11 is 0. The van der Waals surface area contributed by atoms with E-state index in [1.807, 2.05) is 0 Å². The highest BCUT2D eigenvalue weighted by Crippen LogP contribution is 2.27. The van der Waals surface area contributed by atoms with Crippen LogP contribution < -0.4 is 5.30 Å². The van der Waals surface area contributed by atoms with E-state index in [2.05, 4.69) is 49.1 Å². The summed E-state index contributed by atoms with van der Waals surface area (Å²) in [6.07, 6.45) is 3.63. The summed E-state index contributed by atoms with van der Waals surface area (Å²) in [6, 6.07) is 10.8. The molecule has 0 aliphatic carbocycles. The average Bonchev–Trinajstić information content (AvgIpc) is 2.54. The van der Waals surface area contributed by atoms with Crippen LogP contribution in [0.2, 0.25) is 0 Å². The fourth-order valence-electron chi connectivity index (χ4n) is 1.52. The number of rotatable bonds is 1.